The van der Waals surface area contributed by atoms with Crippen molar-refractivity contribution in [3.63, 3.8) is 0 Å². The summed E-state index contributed by atoms with van der Waals surface area (Å²) in [5.41, 5.74) is 0.847. The summed E-state index contributed by atoms with van der Waals surface area (Å²) in [6.07, 6.45) is 0. The number of rotatable bonds is 5. The Morgan fingerprint density at radius 3 is 2.38 bits per heavy atom. The Labute approximate surface area is 135 Å². The molecule has 1 N–H and O–H groups in total. The fourth-order valence-corrected chi connectivity index (χ4v) is 4.44. The van der Waals surface area contributed by atoms with Gasteiger partial charge in [0.1, 0.15) is 9.09 Å². The van der Waals surface area contributed by atoms with E-state index in [-0.39, 0.29) is 15.6 Å². The normalized spacial score (nSPS) is 11.8. The Kier molecular flexibility index (Phi) is 4.82. The molecule has 0 radical (unpaired) electrons. The van der Waals surface area contributed by atoms with Gasteiger partial charge >= 0.3 is 5.97 Å². The highest BCUT2D eigenvalue weighted by molar-refractivity contribution is 9.10. The van der Waals surface area contributed by atoms with Crippen LogP contribution in [0, 0.1) is 0 Å². The second kappa shape index (κ2) is 6.27. The van der Waals surface area contributed by atoms with Crippen molar-refractivity contribution in [1.29, 1.82) is 0 Å². The molecule has 0 spiro atoms. The van der Waals surface area contributed by atoms with E-state index in [9.17, 15) is 13.2 Å². The van der Waals surface area contributed by atoms with Crippen molar-refractivity contribution in [2.75, 3.05) is 7.05 Å². The number of carbonyl (C=O) groups is 1. The van der Waals surface area contributed by atoms with Crippen LogP contribution in [0.4, 0.5) is 0 Å². The Morgan fingerprint density at radius 2 is 1.86 bits per heavy atom. The maximum atomic E-state index is 12.4. The summed E-state index contributed by atoms with van der Waals surface area (Å²) in [6, 6.07) is 9.95. The molecule has 0 aliphatic carbocycles. The molecule has 1 heterocycles. The largest absolute Gasteiger partial charge is 0.477 e. The van der Waals surface area contributed by atoms with Crippen LogP contribution in [-0.4, -0.2) is 30.8 Å². The van der Waals surface area contributed by atoms with Gasteiger partial charge in [0.05, 0.1) is 0 Å². The number of aromatic carboxylic acids is 1. The predicted molar refractivity (Wildman–Crippen MR) is 84.1 cm³/mol. The predicted octanol–water partition coefficient (Wildman–Crippen LogP) is 3.03. The summed E-state index contributed by atoms with van der Waals surface area (Å²) in [4.78, 5) is 10.8. The fraction of sp³-hybridized carbons (Fsp3) is 0.154. The van der Waals surface area contributed by atoms with E-state index in [2.05, 4.69) is 15.9 Å². The van der Waals surface area contributed by atoms with Crippen LogP contribution in [0.5, 0.6) is 0 Å². The molecule has 1 aromatic carbocycles. The molecule has 0 aliphatic rings. The van der Waals surface area contributed by atoms with Crippen molar-refractivity contribution < 1.29 is 18.3 Å². The second-order valence-corrected chi connectivity index (χ2v) is 8.58. The smallest absolute Gasteiger partial charge is 0.345 e. The molecule has 0 amide bonds. The van der Waals surface area contributed by atoms with Gasteiger partial charge in [-0.2, -0.15) is 4.31 Å². The molecule has 1 aromatic heterocycles. The standard InChI is InChI=1S/C13H12BrNO4S2/c1-15(8-9-2-4-10(14)5-3-9)21(18,19)12-7-6-11(20-12)13(16)17/h2-7H,8H2,1H3,(H,16,17). The molecule has 0 atom stereocenters. The van der Waals surface area contributed by atoms with Crippen molar-refractivity contribution in [3.8, 4) is 0 Å². The molecule has 0 fully saturated rings. The highest BCUT2D eigenvalue weighted by Gasteiger charge is 2.24. The second-order valence-electron chi connectivity index (χ2n) is 4.31. The topological polar surface area (TPSA) is 74.7 Å². The minimum atomic E-state index is -3.68. The Morgan fingerprint density at radius 1 is 1.24 bits per heavy atom. The summed E-state index contributed by atoms with van der Waals surface area (Å²) in [5, 5.41) is 8.86. The number of carboxylic acid groups (broad SMARTS) is 1. The van der Waals surface area contributed by atoms with Gasteiger partial charge in [-0.15, -0.1) is 11.3 Å². The Bertz CT molecular complexity index is 753. The summed E-state index contributed by atoms with van der Waals surface area (Å²) in [7, 11) is -2.21. The molecule has 0 aliphatic heterocycles. The van der Waals surface area contributed by atoms with Gasteiger partial charge in [-0.05, 0) is 29.8 Å². The van der Waals surface area contributed by atoms with Crippen LogP contribution in [0.3, 0.4) is 0 Å². The van der Waals surface area contributed by atoms with E-state index in [0.717, 1.165) is 21.4 Å². The van der Waals surface area contributed by atoms with Gasteiger partial charge in [-0.25, -0.2) is 13.2 Å². The van der Waals surface area contributed by atoms with E-state index in [4.69, 9.17) is 5.11 Å². The van der Waals surface area contributed by atoms with Crippen LogP contribution in [-0.2, 0) is 16.6 Å². The maximum Gasteiger partial charge on any atom is 0.345 e. The molecule has 0 bridgehead atoms. The van der Waals surface area contributed by atoms with Crippen LogP contribution in [0.2, 0.25) is 0 Å². The van der Waals surface area contributed by atoms with Crippen molar-refractivity contribution in [2.24, 2.45) is 0 Å². The molecule has 0 saturated carbocycles. The molecular weight excluding hydrogens is 378 g/mol. The van der Waals surface area contributed by atoms with Gasteiger partial charge in [-0.3, -0.25) is 0 Å². The van der Waals surface area contributed by atoms with E-state index >= 15 is 0 Å². The minimum absolute atomic E-state index is 0.00520. The van der Waals surface area contributed by atoms with E-state index in [1.807, 2.05) is 24.3 Å². The average Bonchev–Trinajstić information content (AvgIpc) is 2.91. The van der Waals surface area contributed by atoms with E-state index in [0.29, 0.717) is 0 Å². The number of carboxylic acids is 1. The zero-order chi connectivity index (χ0) is 15.6. The quantitative estimate of drug-likeness (QED) is 0.852. The van der Waals surface area contributed by atoms with Crippen LogP contribution in [0.1, 0.15) is 15.2 Å². The minimum Gasteiger partial charge on any atom is -0.477 e. The molecule has 0 unspecified atom stereocenters. The SMILES string of the molecule is CN(Cc1ccc(Br)cc1)S(=O)(=O)c1ccc(C(=O)O)s1. The fourth-order valence-electron chi connectivity index (χ4n) is 1.66. The molecule has 8 heteroatoms. The third-order valence-electron chi connectivity index (χ3n) is 2.78. The Hall–Kier alpha value is -1.22. The summed E-state index contributed by atoms with van der Waals surface area (Å²) in [6.45, 7) is 0.218. The summed E-state index contributed by atoms with van der Waals surface area (Å²) >= 11 is 4.07. The number of hydrogen-bond acceptors (Lipinski definition) is 4. The highest BCUT2D eigenvalue weighted by atomic mass is 79.9. The first kappa shape index (κ1) is 16.2. The summed E-state index contributed by atoms with van der Waals surface area (Å²) in [5.74, 6) is -1.13. The lowest BCUT2D eigenvalue weighted by Crippen LogP contribution is -2.25. The Balaban J connectivity index is 2.21. The third kappa shape index (κ3) is 3.70. The molecule has 0 saturated heterocycles. The number of thiophene rings is 1. The number of halogens is 1. The van der Waals surface area contributed by atoms with Crippen LogP contribution in [0.25, 0.3) is 0 Å². The first-order valence-electron chi connectivity index (χ1n) is 5.84. The van der Waals surface area contributed by atoms with Gasteiger partial charge in [-0.1, -0.05) is 28.1 Å². The molecular formula is C13H12BrNO4S2. The number of hydrogen-bond donors (Lipinski definition) is 1. The van der Waals surface area contributed by atoms with Crippen molar-refractivity contribution in [3.05, 3.63) is 51.3 Å². The lowest BCUT2D eigenvalue weighted by molar-refractivity contribution is 0.0702. The number of sulfonamides is 1. The van der Waals surface area contributed by atoms with Crippen molar-refractivity contribution in [2.45, 2.75) is 10.8 Å². The van der Waals surface area contributed by atoms with Crippen LogP contribution in [0.15, 0.2) is 45.1 Å². The number of nitrogens with zero attached hydrogens (tertiary/aromatic N) is 1. The molecule has 21 heavy (non-hydrogen) atoms. The zero-order valence-electron chi connectivity index (χ0n) is 11.0. The maximum absolute atomic E-state index is 12.4. The first-order valence-corrected chi connectivity index (χ1v) is 8.89. The monoisotopic (exact) mass is 389 g/mol. The zero-order valence-corrected chi connectivity index (χ0v) is 14.2. The average molecular weight is 390 g/mol. The molecule has 5 nitrogen and oxygen atoms in total. The van der Waals surface area contributed by atoms with E-state index in [1.54, 1.807) is 0 Å². The molecule has 2 rings (SSSR count). The van der Waals surface area contributed by atoms with E-state index in [1.165, 1.54) is 23.5 Å². The van der Waals surface area contributed by atoms with Crippen molar-refractivity contribution in [1.82, 2.24) is 4.31 Å². The highest BCUT2D eigenvalue weighted by Crippen LogP contribution is 2.25. The molecule has 2 aromatic rings. The number of benzene rings is 1. The third-order valence-corrected chi connectivity index (χ3v) is 6.65. The summed E-state index contributed by atoms with van der Waals surface area (Å²) < 4.78 is 26.9. The van der Waals surface area contributed by atoms with Gasteiger partial charge < -0.3 is 5.11 Å². The van der Waals surface area contributed by atoms with Gasteiger partial charge in [0, 0.05) is 18.1 Å². The molecule has 112 valence electrons. The van der Waals surface area contributed by atoms with Gasteiger partial charge in [0.15, 0.2) is 0 Å². The lowest BCUT2D eigenvalue weighted by Gasteiger charge is -2.16. The first-order chi connectivity index (χ1) is 9.80. The van der Waals surface area contributed by atoms with Crippen LogP contribution >= 0.6 is 27.3 Å². The van der Waals surface area contributed by atoms with Gasteiger partial charge in [0.25, 0.3) is 10.0 Å². The lowest BCUT2D eigenvalue weighted by atomic mass is 10.2. The van der Waals surface area contributed by atoms with Crippen molar-refractivity contribution >= 4 is 43.3 Å². The van der Waals surface area contributed by atoms with Gasteiger partial charge in [0.2, 0.25) is 0 Å². The van der Waals surface area contributed by atoms with E-state index < -0.39 is 16.0 Å². The van der Waals surface area contributed by atoms with Crippen LogP contribution < -0.4 is 0 Å².